The second kappa shape index (κ2) is 7.65. The molecule has 1 atom stereocenters. The molecule has 2 aromatic rings. The van der Waals surface area contributed by atoms with E-state index in [9.17, 15) is 23.3 Å². The van der Waals surface area contributed by atoms with Crippen LogP contribution < -0.4 is 0 Å². The van der Waals surface area contributed by atoms with Crippen LogP contribution in [0.5, 0.6) is 0 Å². The smallest absolute Gasteiger partial charge is 0.273 e. The number of nitrogens with zero attached hydrogens (tertiary/aromatic N) is 2. The Hall–Kier alpha value is -2.74. The van der Waals surface area contributed by atoms with Crippen LogP contribution in [0.15, 0.2) is 53.4 Å². The number of carbonyl (C=O) groups is 1. The Morgan fingerprint density at radius 2 is 1.73 bits per heavy atom. The van der Waals surface area contributed by atoms with E-state index < -0.39 is 14.8 Å². The van der Waals surface area contributed by atoms with E-state index in [0.29, 0.717) is 5.56 Å². The molecule has 0 radical (unpaired) electrons. The lowest BCUT2D eigenvalue weighted by Crippen LogP contribution is -2.31. The molecule has 0 saturated heterocycles. The second-order valence-corrected chi connectivity index (χ2v) is 8.10. The van der Waals surface area contributed by atoms with Gasteiger partial charge in [-0.05, 0) is 24.6 Å². The first-order valence-corrected chi connectivity index (χ1v) is 9.78. The van der Waals surface area contributed by atoms with Crippen molar-refractivity contribution in [3.63, 3.8) is 0 Å². The Morgan fingerprint density at radius 3 is 2.27 bits per heavy atom. The summed E-state index contributed by atoms with van der Waals surface area (Å²) in [5.41, 5.74) is 1.05. The molecule has 0 aromatic heterocycles. The van der Waals surface area contributed by atoms with Gasteiger partial charge < -0.3 is 4.90 Å². The number of carbonyl (C=O) groups excluding carboxylic acids is 1. The number of sulfone groups is 1. The maximum Gasteiger partial charge on any atom is 0.273 e. The number of hydrogen-bond acceptors (Lipinski definition) is 5. The quantitative estimate of drug-likeness (QED) is 0.570. The molecule has 0 N–H and O–H groups in total. The average Bonchev–Trinajstić information content (AvgIpc) is 2.60. The largest absolute Gasteiger partial charge is 0.339 e. The summed E-state index contributed by atoms with van der Waals surface area (Å²) in [4.78, 5) is 24.8. The molecule has 26 heavy (non-hydrogen) atoms. The van der Waals surface area contributed by atoms with Crippen molar-refractivity contribution in [2.24, 2.45) is 0 Å². The third-order valence-electron chi connectivity index (χ3n) is 4.29. The van der Waals surface area contributed by atoms with Crippen LogP contribution in [0.25, 0.3) is 0 Å². The van der Waals surface area contributed by atoms with Gasteiger partial charge >= 0.3 is 0 Å². The van der Waals surface area contributed by atoms with Gasteiger partial charge in [-0.3, -0.25) is 14.9 Å². The standard InChI is InChI=1S/C18H20N2O5S/c1-13(14-8-10-16(11-9-14)26(3,24)25)19(2)18(21)12-15-6-4-5-7-17(15)20(22)23/h4-11,13H,12H2,1-3H3. The molecular formula is C18H20N2O5S. The molecule has 0 spiro atoms. The first-order chi connectivity index (χ1) is 12.1. The van der Waals surface area contributed by atoms with E-state index in [2.05, 4.69) is 0 Å². The van der Waals surface area contributed by atoms with E-state index in [-0.39, 0.29) is 29.0 Å². The van der Waals surface area contributed by atoms with Crippen LogP contribution in [0.3, 0.4) is 0 Å². The van der Waals surface area contributed by atoms with Gasteiger partial charge in [0.25, 0.3) is 5.69 Å². The van der Waals surface area contributed by atoms with Crippen molar-refractivity contribution in [1.29, 1.82) is 0 Å². The molecule has 2 aromatic carbocycles. The lowest BCUT2D eigenvalue weighted by Gasteiger charge is -2.25. The molecular weight excluding hydrogens is 356 g/mol. The maximum absolute atomic E-state index is 12.5. The van der Waals surface area contributed by atoms with E-state index in [1.54, 1.807) is 37.4 Å². The summed E-state index contributed by atoms with van der Waals surface area (Å²) in [6.07, 6.45) is 1.05. The average molecular weight is 376 g/mol. The molecule has 0 heterocycles. The number of para-hydroxylation sites is 1. The van der Waals surface area contributed by atoms with E-state index in [0.717, 1.165) is 11.8 Å². The van der Waals surface area contributed by atoms with Crippen molar-refractivity contribution in [2.45, 2.75) is 24.3 Å². The summed E-state index contributed by atoms with van der Waals surface area (Å²) in [6.45, 7) is 1.81. The third kappa shape index (κ3) is 4.45. The predicted octanol–water partition coefficient (Wildman–Crippen LogP) is 2.76. The number of nitro benzene ring substituents is 1. The van der Waals surface area contributed by atoms with Crippen molar-refractivity contribution >= 4 is 21.4 Å². The van der Waals surface area contributed by atoms with Crippen LogP contribution >= 0.6 is 0 Å². The van der Waals surface area contributed by atoms with Crippen LogP contribution in [0.2, 0.25) is 0 Å². The highest BCUT2D eigenvalue weighted by atomic mass is 32.2. The van der Waals surface area contributed by atoms with Gasteiger partial charge in [-0.25, -0.2) is 8.42 Å². The van der Waals surface area contributed by atoms with Gasteiger partial charge in [0.2, 0.25) is 5.91 Å². The lowest BCUT2D eigenvalue weighted by molar-refractivity contribution is -0.385. The van der Waals surface area contributed by atoms with Crippen molar-refractivity contribution in [2.75, 3.05) is 13.3 Å². The molecule has 2 rings (SSSR count). The minimum Gasteiger partial charge on any atom is -0.339 e. The fourth-order valence-electron chi connectivity index (χ4n) is 2.56. The molecule has 7 nitrogen and oxygen atoms in total. The highest BCUT2D eigenvalue weighted by Gasteiger charge is 2.21. The molecule has 0 aliphatic rings. The first kappa shape index (κ1) is 19.6. The van der Waals surface area contributed by atoms with E-state index >= 15 is 0 Å². The minimum atomic E-state index is -3.28. The summed E-state index contributed by atoms with van der Waals surface area (Å²) < 4.78 is 23.1. The van der Waals surface area contributed by atoms with Crippen molar-refractivity contribution in [1.82, 2.24) is 4.90 Å². The zero-order valence-corrected chi connectivity index (χ0v) is 15.6. The number of likely N-dealkylation sites (N-methyl/N-ethyl adjacent to an activating group) is 1. The van der Waals surface area contributed by atoms with Crippen molar-refractivity contribution in [3.05, 3.63) is 69.8 Å². The van der Waals surface area contributed by atoms with Crippen LogP contribution in [-0.4, -0.2) is 37.5 Å². The number of benzene rings is 2. The molecule has 0 saturated carbocycles. The number of nitro groups is 1. The molecule has 1 amide bonds. The summed E-state index contributed by atoms with van der Waals surface area (Å²) in [6, 6.07) is 12.2. The Labute approximate surface area is 152 Å². The molecule has 0 fully saturated rings. The van der Waals surface area contributed by atoms with Crippen LogP contribution in [0.4, 0.5) is 5.69 Å². The van der Waals surface area contributed by atoms with Crippen LogP contribution in [0.1, 0.15) is 24.1 Å². The van der Waals surface area contributed by atoms with Crippen LogP contribution in [-0.2, 0) is 21.1 Å². The minimum absolute atomic E-state index is 0.0839. The Balaban J connectivity index is 2.16. The predicted molar refractivity (Wildman–Crippen MR) is 97.5 cm³/mol. The van der Waals surface area contributed by atoms with Crippen molar-refractivity contribution < 1.29 is 18.1 Å². The highest BCUT2D eigenvalue weighted by molar-refractivity contribution is 7.90. The van der Waals surface area contributed by atoms with Gasteiger partial charge in [0, 0.05) is 24.9 Å². The normalized spacial score (nSPS) is 12.4. The number of amides is 1. The van der Waals surface area contributed by atoms with Gasteiger partial charge in [0.1, 0.15) is 0 Å². The van der Waals surface area contributed by atoms with E-state index in [1.165, 1.54) is 23.1 Å². The molecule has 1 unspecified atom stereocenters. The molecule has 138 valence electrons. The molecule has 0 aliphatic carbocycles. The summed E-state index contributed by atoms with van der Waals surface area (Å²) in [5.74, 6) is -0.265. The Kier molecular flexibility index (Phi) is 5.76. The monoisotopic (exact) mass is 376 g/mol. The van der Waals surface area contributed by atoms with Gasteiger partial charge in [0.05, 0.1) is 22.3 Å². The Bertz CT molecular complexity index is 923. The zero-order valence-electron chi connectivity index (χ0n) is 14.7. The fourth-order valence-corrected chi connectivity index (χ4v) is 3.19. The topological polar surface area (TPSA) is 97.6 Å². The Morgan fingerprint density at radius 1 is 1.15 bits per heavy atom. The van der Waals surface area contributed by atoms with Gasteiger partial charge in [-0.15, -0.1) is 0 Å². The maximum atomic E-state index is 12.5. The fraction of sp³-hybridized carbons (Fsp3) is 0.278. The third-order valence-corrected chi connectivity index (χ3v) is 5.42. The SMILES string of the molecule is CC(c1ccc(S(C)(=O)=O)cc1)N(C)C(=O)Cc1ccccc1[N+](=O)[O-]. The summed E-state index contributed by atoms with van der Waals surface area (Å²) in [5, 5.41) is 11.1. The lowest BCUT2D eigenvalue weighted by atomic mass is 10.1. The number of rotatable bonds is 6. The first-order valence-electron chi connectivity index (χ1n) is 7.89. The molecule has 0 aliphatic heterocycles. The number of hydrogen-bond donors (Lipinski definition) is 0. The van der Waals surface area contributed by atoms with Crippen molar-refractivity contribution in [3.8, 4) is 0 Å². The highest BCUT2D eigenvalue weighted by Crippen LogP contribution is 2.23. The van der Waals surface area contributed by atoms with E-state index in [1.807, 2.05) is 6.92 Å². The second-order valence-electron chi connectivity index (χ2n) is 6.08. The molecule has 8 heteroatoms. The van der Waals surface area contributed by atoms with Gasteiger partial charge in [0.15, 0.2) is 9.84 Å². The summed E-state index contributed by atoms with van der Waals surface area (Å²) >= 11 is 0. The van der Waals surface area contributed by atoms with Gasteiger partial charge in [-0.2, -0.15) is 0 Å². The summed E-state index contributed by atoms with van der Waals surface area (Å²) in [7, 11) is -1.66. The zero-order chi connectivity index (χ0) is 19.5. The van der Waals surface area contributed by atoms with Gasteiger partial charge in [-0.1, -0.05) is 30.3 Å². The van der Waals surface area contributed by atoms with E-state index in [4.69, 9.17) is 0 Å². The van der Waals surface area contributed by atoms with Crippen LogP contribution in [0, 0.1) is 10.1 Å². The molecule has 0 bridgehead atoms.